The fourth-order valence-electron chi connectivity index (χ4n) is 3.40. The van der Waals surface area contributed by atoms with Crippen molar-refractivity contribution >= 4 is 0 Å². The molecule has 2 N–H and O–H groups in total. The third-order valence-electron chi connectivity index (χ3n) is 4.57. The molecule has 1 aromatic carbocycles. The van der Waals surface area contributed by atoms with Crippen LogP contribution in [0.4, 0.5) is 0 Å². The summed E-state index contributed by atoms with van der Waals surface area (Å²) >= 11 is 0. The number of rotatable bonds is 5. The smallest absolute Gasteiger partial charge is 0.124 e. The van der Waals surface area contributed by atoms with Crippen molar-refractivity contribution in [1.29, 1.82) is 0 Å². The highest BCUT2D eigenvalue weighted by Gasteiger charge is 2.45. The van der Waals surface area contributed by atoms with Crippen LogP contribution in [-0.4, -0.2) is 25.9 Å². The standard InChI is InChI=1S/C16H25NO2/c1-11-8-12(2)14(13(9-11)19-4)15(17-3)16(10-18)6-5-7-16/h8-9,15,17-18H,5-7,10H2,1-4H3. The number of aliphatic hydroxyl groups excluding tert-OH is 1. The molecular formula is C16H25NO2. The van der Waals surface area contributed by atoms with Crippen LogP contribution in [0.2, 0.25) is 0 Å². The van der Waals surface area contributed by atoms with E-state index in [2.05, 4.69) is 31.3 Å². The number of methoxy groups -OCH3 is 1. The highest BCUT2D eigenvalue weighted by Crippen LogP contribution is 2.52. The molecule has 0 aromatic heterocycles. The molecule has 0 bridgehead atoms. The minimum atomic E-state index is -0.0257. The summed E-state index contributed by atoms with van der Waals surface area (Å²) in [6.45, 7) is 4.44. The predicted octanol–water partition coefficient (Wildman–Crippen LogP) is 2.74. The fourth-order valence-corrected chi connectivity index (χ4v) is 3.40. The van der Waals surface area contributed by atoms with Crippen molar-refractivity contribution in [1.82, 2.24) is 5.32 Å². The maximum absolute atomic E-state index is 9.83. The Kier molecular flexibility index (Phi) is 4.16. The molecule has 1 atom stereocenters. The number of hydrogen-bond acceptors (Lipinski definition) is 3. The lowest BCUT2D eigenvalue weighted by atomic mass is 9.62. The van der Waals surface area contributed by atoms with Crippen LogP contribution in [0.15, 0.2) is 12.1 Å². The van der Waals surface area contributed by atoms with E-state index < -0.39 is 0 Å². The Bertz CT molecular complexity index is 447. The van der Waals surface area contributed by atoms with E-state index in [1.165, 1.54) is 23.1 Å². The van der Waals surface area contributed by atoms with Gasteiger partial charge in [-0.2, -0.15) is 0 Å². The third kappa shape index (κ3) is 2.37. The average molecular weight is 263 g/mol. The van der Waals surface area contributed by atoms with Gasteiger partial charge >= 0.3 is 0 Å². The summed E-state index contributed by atoms with van der Waals surface area (Å²) in [7, 11) is 3.69. The second-order valence-electron chi connectivity index (χ2n) is 5.79. The molecule has 0 aliphatic heterocycles. The Morgan fingerprint density at radius 2 is 2.05 bits per heavy atom. The number of aliphatic hydroxyl groups is 1. The van der Waals surface area contributed by atoms with Crippen LogP contribution in [0.5, 0.6) is 5.75 Å². The average Bonchev–Trinajstić information content (AvgIpc) is 2.34. The molecule has 0 spiro atoms. The van der Waals surface area contributed by atoms with Gasteiger partial charge < -0.3 is 15.2 Å². The first-order valence-corrected chi connectivity index (χ1v) is 7.01. The summed E-state index contributed by atoms with van der Waals surface area (Å²) < 4.78 is 5.58. The zero-order valence-corrected chi connectivity index (χ0v) is 12.4. The van der Waals surface area contributed by atoms with E-state index in [9.17, 15) is 5.11 Å². The minimum absolute atomic E-state index is 0.0257. The Balaban J connectivity index is 2.49. The van der Waals surface area contributed by atoms with E-state index in [4.69, 9.17) is 4.74 Å². The van der Waals surface area contributed by atoms with Gasteiger partial charge in [0.2, 0.25) is 0 Å². The van der Waals surface area contributed by atoms with E-state index in [-0.39, 0.29) is 18.1 Å². The molecule has 2 rings (SSSR count). The van der Waals surface area contributed by atoms with Crippen LogP contribution >= 0.6 is 0 Å². The predicted molar refractivity (Wildman–Crippen MR) is 77.6 cm³/mol. The molecule has 1 aliphatic rings. The number of ether oxygens (including phenoxy) is 1. The normalized spacial score (nSPS) is 18.8. The molecule has 0 amide bonds. The van der Waals surface area contributed by atoms with Gasteiger partial charge in [0.1, 0.15) is 5.75 Å². The summed E-state index contributed by atoms with van der Waals surface area (Å²) in [4.78, 5) is 0. The van der Waals surface area contributed by atoms with Gasteiger partial charge in [-0.15, -0.1) is 0 Å². The molecular weight excluding hydrogens is 238 g/mol. The summed E-state index contributed by atoms with van der Waals surface area (Å²) in [5, 5.41) is 13.2. The summed E-state index contributed by atoms with van der Waals surface area (Å²) in [6, 6.07) is 4.42. The van der Waals surface area contributed by atoms with Gasteiger partial charge in [-0.3, -0.25) is 0 Å². The molecule has 1 fully saturated rings. The minimum Gasteiger partial charge on any atom is -0.496 e. The fraction of sp³-hybridized carbons (Fsp3) is 0.625. The van der Waals surface area contributed by atoms with Crippen molar-refractivity contribution in [3.8, 4) is 5.75 Å². The van der Waals surface area contributed by atoms with Crippen LogP contribution < -0.4 is 10.1 Å². The van der Waals surface area contributed by atoms with E-state index in [1.807, 2.05) is 7.05 Å². The van der Waals surface area contributed by atoms with Crippen molar-refractivity contribution in [2.45, 2.75) is 39.2 Å². The van der Waals surface area contributed by atoms with Crippen LogP contribution in [0.3, 0.4) is 0 Å². The zero-order chi connectivity index (χ0) is 14.0. The highest BCUT2D eigenvalue weighted by molar-refractivity contribution is 5.46. The quantitative estimate of drug-likeness (QED) is 0.858. The monoisotopic (exact) mass is 263 g/mol. The van der Waals surface area contributed by atoms with E-state index in [0.29, 0.717) is 0 Å². The largest absolute Gasteiger partial charge is 0.496 e. The highest BCUT2D eigenvalue weighted by atomic mass is 16.5. The molecule has 1 aromatic rings. The van der Waals surface area contributed by atoms with Crippen LogP contribution in [-0.2, 0) is 0 Å². The third-order valence-corrected chi connectivity index (χ3v) is 4.57. The first-order valence-electron chi connectivity index (χ1n) is 7.01. The van der Waals surface area contributed by atoms with Crippen LogP contribution in [0, 0.1) is 19.3 Å². The van der Waals surface area contributed by atoms with Gasteiger partial charge in [-0.05, 0) is 50.9 Å². The van der Waals surface area contributed by atoms with E-state index in [0.717, 1.165) is 18.6 Å². The van der Waals surface area contributed by atoms with E-state index in [1.54, 1.807) is 7.11 Å². The molecule has 3 nitrogen and oxygen atoms in total. The number of hydrogen-bond donors (Lipinski definition) is 2. The van der Waals surface area contributed by atoms with Gasteiger partial charge in [0.25, 0.3) is 0 Å². The van der Waals surface area contributed by atoms with Crippen molar-refractivity contribution in [2.75, 3.05) is 20.8 Å². The molecule has 0 saturated heterocycles. The Hall–Kier alpha value is -1.06. The molecule has 0 heterocycles. The topological polar surface area (TPSA) is 41.5 Å². The summed E-state index contributed by atoms with van der Waals surface area (Å²) in [5.41, 5.74) is 3.61. The Morgan fingerprint density at radius 3 is 2.47 bits per heavy atom. The lowest BCUT2D eigenvalue weighted by molar-refractivity contribution is 0.00693. The number of nitrogens with one attached hydrogen (secondary N) is 1. The molecule has 106 valence electrons. The lowest BCUT2D eigenvalue weighted by Crippen LogP contribution is -2.45. The zero-order valence-electron chi connectivity index (χ0n) is 12.4. The number of benzene rings is 1. The molecule has 1 saturated carbocycles. The SMILES string of the molecule is CNC(c1c(C)cc(C)cc1OC)C1(CO)CCC1. The van der Waals surface area contributed by atoms with Gasteiger partial charge in [-0.1, -0.05) is 12.5 Å². The molecule has 0 radical (unpaired) electrons. The van der Waals surface area contributed by atoms with Crippen LogP contribution in [0.1, 0.15) is 42.0 Å². The van der Waals surface area contributed by atoms with Crippen molar-refractivity contribution in [3.63, 3.8) is 0 Å². The van der Waals surface area contributed by atoms with Crippen molar-refractivity contribution in [2.24, 2.45) is 5.41 Å². The lowest BCUT2D eigenvalue weighted by Gasteiger charge is -2.47. The maximum Gasteiger partial charge on any atom is 0.124 e. The first-order chi connectivity index (χ1) is 9.07. The Labute approximate surface area is 116 Å². The van der Waals surface area contributed by atoms with Gasteiger partial charge in [0.05, 0.1) is 13.7 Å². The Morgan fingerprint density at radius 1 is 1.37 bits per heavy atom. The van der Waals surface area contributed by atoms with Gasteiger partial charge in [-0.25, -0.2) is 0 Å². The first kappa shape index (κ1) is 14.4. The molecule has 1 unspecified atom stereocenters. The summed E-state index contributed by atoms with van der Waals surface area (Å²) in [6.07, 6.45) is 3.35. The number of aryl methyl sites for hydroxylation is 2. The van der Waals surface area contributed by atoms with E-state index >= 15 is 0 Å². The van der Waals surface area contributed by atoms with Crippen molar-refractivity contribution < 1.29 is 9.84 Å². The van der Waals surface area contributed by atoms with Crippen LogP contribution in [0.25, 0.3) is 0 Å². The van der Waals surface area contributed by atoms with Gasteiger partial charge in [0.15, 0.2) is 0 Å². The second kappa shape index (κ2) is 5.51. The molecule has 3 heteroatoms. The molecule has 19 heavy (non-hydrogen) atoms. The van der Waals surface area contributed by atoms with Gasteiger partial charge in [0, 0.05) is 17.0 Å². The molecule has 1 aliphatic carbocycles. The van der Waals surface area contributed by atoms with Crippen molar-refractivity contribution in [3.05, 3.63) is 28.8 Å². The summed E-state index contributed by atoms with van der Waals surface area (Å²) in [5.74, 6) is 0.927. The second-order valence-corrected chi connectivity index (χ2v) is 5.79. The maximum atomic E-state index is 9.83.